The molecule has 0 radical (unpaired) electrons. The van der Waals surface area contributed by atoms with Gasteiger partial charge in [-0.1, -0.05) is 11.3 Å². The molecular weight excluding hydrogens is 360 g/mol. The minimum atomic E-state index is 0.0232. The summed E-state index contributed by atoms with van der Waals surface area (Å²) >= 11 is 1.42. The van der Waals surface area contributed by atoms with Gasteiger partial charge in [0.05, 0.1) is 10.2 Å². The highest BCUT2D eigenvalue weighted by Crippen LogP contribution is 2.25. The van der Waals surface area contributed by atoms with Gasteiger partial charge in [-0.2, -0.15) is 0 Å². The van der Waals surface area contributed by atoms with Crippen LogP contribution in [0.5, 0.6) is 0 Å². The molecule has 27 heavy (non-hydrogen) atoms. The monoisotopic (exact) mass is 380 g/mol. The van der Waals surface area contributed by atoms with Crippen molar-refractivity contribution in [3.05, 3.63) is 53.6 Å². The molecule has 4 rings (SSSR count). The Hall–Kier alpha value is -2.93. The molecule has 1 aromatic heterocycles. The van der Waals surface area contributed by atoms with Crippen LogP contribution >= 0.6 is 11.3 Å². The average Bonchev–Trinajstić information content (AvgIpc) is 3.07. The van der Waals surface area contributed by atoms with Gasteiger partial charge in [-0.25, -0.2) is 4.98 Å². The van der Waals surface area contributed by atoms with E-state index in [4.69, 9.17) is 5.73 Å². The lowest BCUT2D eigenvalue weighted by molar-refractivity contribution is 0.0746. The van der Waals surface area contributed by atoms with E-state index in [9.17, 15) is 9.59 Å². The number of carbonyl (C=O) groups excluding carboxylic acids is 2. The lowest BCUT2D eigenvalue weighted by atomic mass is 10.1. The van der Waals surface area contributed by atoms with Crippen molar-refractivity contribution in [3.63, 3.8) is 0 Å². The Bertz CT molecular complexity index is 1000. The number of nitrogen functional groups attached to an aromatic ring is 1. The third-order valence-corrected chi connectivity index (χ3v) is 5.72. The van der Waals surface area contributed by atoms with Gasteiger partial charge in [0, 0.05) is 43.0 Å². The van der Waals surface area contributed by atoms with Gasteiger partial charge in [-0.3, -0.25) is 9.59 Å². The molecule has 138 valence electrons. The van der Waals surface area contributed by atoms with Crippen molar-refractivity contribution in [2.75, 3.05) is 36.8 Å². The lowest BCUT2D eigenvalue weighted by Crippen LogP contribution is -2.48. The van der Waals surface area contributed by atoms with Gasteiger partial charge in [-0.15, -0.1) is 0 Å². The molecule has 2 heterocycles. The molecule has 7 heteroatoms. The van der Waals surface area contributed by atoms with E-state index in [1.807, 2.05) is 47.4 Å². The minimum absolute atomic E-state index is 0.0232. The molecule has 0 aliphatic carbocycles. The lowest BCUT2D eigenvalue weighted by Gasteiger charge is -2.36. The molecule has 3 aromatic rings. The van der Waals surface area contributed by atoms with E-state index in [1.54, 1.807) is 6.92 Å². The van der Waals surface area contributed by atoms with Crippen LogP contribution in [-0.2, 0) is 0 Å². The normalized spacial score (nSPS) is 14.6. The van der Waals surface area contributed by atoms with Gasteiger partial charge >= 0.3 is 0 Å². The minimum Gasteiger partial charge on any atom is -0.375 e. The Labute approximate surface area is 161 Å². The molecule has 1 amide bonds. The second kappa shape index (κ2) is 7.00. The smallest absolute Gasteiger partial charge is 0.254 e. The van der Waals surface area contributed by atoms with Gasteiger partial charge in [-0.05, 0) is 49.4 Å². The topological polar surface area (TPSA) is 79.5 Å². The maximum atomic E-state index is 12.8. The molecule has 6 nitrogen and oxygen atoms in total. The van der Waals surface area contributed by atoms with Crippen LogP contribution in [0.1, 0.15) is 27.6 Å². The van der Waals surface area contributed by atoms with Crippen LogP contribution in [0.3, 0.4) is 0 Å². The summed E-state index contributed by atoms with van der Waals surface area (Å²) in [5, 5.41) is 0.513. The highest BCUT2D eigenvalue weighted by Gasteiger charge is 2.23. The number of Topliss-reactive ketones (excluding diaryl/α,β-unsaturated/α-hetero) is 1. The van der Waals surface area contributed by atoms with Crippen LogP contribution in [0.4, 0.5) is 10.8 Å². The highest BCUT2D eigenvalue weighted by molar-refractivity contribution is 7.22. The zero-order valence-electron chi connectivity index (χ0n) is 15.0. The predicted molar refractivity (Wildman–Crippen MR) is 109 cm³/mol. The summed E-state index contributed by atoms with van der Waals surface area (Å²) in [7, 11) is 0. The molecular formula is C20H20N4O2S. The van der Waals surface area contributed by atoms with Gasteiger partial charge in [0.25, 0.3) is 5.91 Å². The molecule has 0 saturated carbocycles. The number of hydrogen-bond acceptors (Lipinski definition) is 6. The van der Waals surface area contributed by atoms with E-state index in [0.29, 0.717) is 29.3 Å². The SMILES string of the molecule is CC(=O)c1ccc(N2CCN(C(=O)c3ccc4sc(N)nc4c3)CC2)cc1. The van der Waals surface area contributed by atoms with E-state index in [0.717, 1.165) is 29.0 Å². The van der Waals surface area contributed by atoms with Crippen molar-refractivity contribution in [2.45, 2.75) is 6.92 Å². The van der Waals surface area contributed by atoms with E-state index >= 15 is 0 Å². The van der Waals surface area contributed by atoms with Crippen LogP contribution in [0.2, 0.25) is 0 Å². The molecule has 1 saturated heterocycles. The Morgan fingerprint density at radius 2 is 1.67 bits per heavy atom. The molecule has 2 aromatic carbocycles. The number of aromatic nitrogens is 1. The summed E-state index contributed by atoms with van der Waals surface area (Å²) in [6.45, 7) is 4.40. The number of fused-ring (bicyclic) bond motifs is 1. The second-order valence-electron chi connectivity index (χ2n) is 6.62. The van der Waals surface area contributed by atoms with Gasteiger partial charge in [0.15, 0.2) is 10.9 Å². The van der Waals surface area contributed by atoms with Gasteiger partial charge in [0.1, 0.15) is 0 Å². The number of anilines is 2. The fraction of sp³-hybridized carbons (Fsp3) is 0.250. The fourth-order valence-electron chi connectivity index (χ4n) is 3.34. The molecule has 1 aliphatic heterocycles. The molecule has 0 bridgehead atoms. The Balaban J connectivity index is 1.43. The first-order chi connectivity index (χ1) is 13.0. The van der Waals surface area contributed by atoms with Crippen molar-refractivity contribution in [3.8, 4) is 0 Å². The summed E-state index contributed by atoms with van der Waals surface area (Å²) in [6.07, 6.45) is 0. The van der Waals surface area contributed by atoms with Crippen molar-refractivity contribution < 1.29 is 9.59 Å². The molecule has 0 atom stereocenters. The van der Waals surface area contributed by atoms with Crippen LogP contribution < -0.4 is 10.6 Å². The summed E-state index contributed by atoms with van der Waals surface area (Å²) in [4.78, 5) is 32.6. The molecule has 1 aliphatic rings. The highest BCUT2D eigenvalue weighted by atomic mass is 32.1. The number of carbonyl (C=O) groups is 2. The molecule has 0 spiro atoms. The number of thiazole rings is 1. The van der Waals surface area contributed by atoms with Crippen LogP contribution in [-0.4, -0.2) is 47.8 Å². The number of piperazine rings is 1. The number of benzene rings is 2. The number of rotatable bonds is 3. The molecule has 0 unspecified atom stereocenters. The largest absolute Gasteiger partial charge is 0.375 e. The maximum absolute atomic E-state index is 12.8. The van der Waals surface area contributed by atoms with Crippen molar-refractivity contribution in [2.24, 2.45) is 0 Å². The zero-order chi connectivity index (χ0) is 19.0. The van der Waals surface area contributed by atoms with Crippen LogP contribution in [0.15, 0.2) is 42.5 Å². The van der Waals surface area contributed by atoms with Crippen LogP contribution in [0, 0.1) is 0 Å². The number of nitrogens with zero attached hydrogens (tertiary/aromatic N) is 3. The predicted octanol–water partition coefficient (Wildman–Crippen LogP) is 3.04. The van der Waals surface area contributed by atoms with E-state index in [-0.39, 0.29) is 11.7 Å². The number of hydrogen-bond donors (Lipinski definition) is 1. The quantitative estimate of drug-likeness (QED) is 0.707. The van der Waals surface area contributed by atoms with Crippen molar-refractivity contribution in [1.29, 1.82) is 0 Å². The molecule has 1 fully saturated rings. The van der Waals surface area contributed by atoms with Crippen molar-refractivity contribution in [1.82, 2.24) is 9.88 Å². The standard InChI is InChI=1S/C20H20N4O2S/c1-13(25)14-2-5-16(6-3-14)23-8-10-24(11-9-23)19(26)15-4-7-18-17(12-15)22-20(21)27-18/h2-7,12H,8-11H2,1H3,(H2,21,22). The maximum Gasteiger partial charge on any atom is 0.254 e. The first-order valence-electron chi connectivity index (χ1n) is 8.82. The third-order valence-electron chi connectivity index (χ3n) is 4.86. The number of nitrogens with two attached hydrogens (primary N) is 1. The Kier molecular flexibility index (Phi) is 4.53. The summed E-state index contributed by atoms with van der Waals surface area (Å²) < 4.78 is 0.989. The first kappa shape index (κ1) is 17.5. The zero-order valence-corrected chi connectivity index (χ0v) is 15.8. The fourth-order valence-corrected chi connectivity index (χ4v) is 4.05. The average molecular weight is 380 g/mol. The second-order valence-corrected chi connectivity index (χ2v) is 7.68. The summed E-state index contributed by atoms with van der Waals surface area (Å²) in [5.74, 6) is 0.0888. The Morgan fingerprint density at radius 3 is 2.33 bits per heavy atom. The molecule has 2 N–H and O–H groups in total. The third kappa shape index (κ3) is 3.50. The van der Waals surface area contributed by atoms with E-state index in [1.165, 1.54) is 11.3 Å². The summed E-state index contributed by atoms with van der Waals surface area (Å²) in [5.41, 5.74) is 8.95. The number of amides is 1. The number of ketones is 1. The first-order valence-corrected chi connectivity index (χ1v) is 9.64. The van der Waals surface area contributed by atoms with E-state index in [2.05, 4.69) is 9.88 Å². The summed E-state index contributed by atoms with van der Waals surface area (Å²) in [6, 6.07) is 13.2. The Morgan fingerprint density at radius 1 is 1.00 bits per heavy atom. The van der Waals surface area contributed by atoms with E-state index < -0.39 is 0 Å². The van der Waals surface area contributed by atoms with Crippen LogP contribution in [0.25, 0.3) is 10.2 Å². The van der Waals surface area contributed by atoms with Gasteiger partial charge in [0.2, 0.25) is 0 Å². The van der Waals surface area contributed by atoms with Gasteiger partial charge < -0.3 is 15.5 Å². The van der Waals surface area contributed by atoms with Crippen molar-refractivity contribution >= 4 is 44.1 Å².